The van der Waals surface area contributed by atoms with Crippen molar-refractivity contribution in [1.82, 2.24) is 5.32 Å². The Balaban J connectivity index is 1.94. The van der Waals surface area contributed by atoms with Crippen LogP contribution in [0.15, 0.2) is 60.0 Å². The van der Waals surface area contributed by atoms with Gasteiger partial charge in [0, 0.05) is 6.54 Å². The normalized spacial score (nSPS) is 13.9. The fourth-order valence-electron chi connectivity index (χ4n) is 2.52. The van der Waals surface area contributed by atoms with Gasteiger partial charge in [-0.3, -0.25) is 0 Å². The van der Waals surface area contributed by atoms with Crippen molar-refractivity contribution in [2.45, 2.75) is 12.2 Å². The van der Waals surface area contributed by atoms with Gasteiger partial charge in [-0.15, -0.1) is 11.3 Å². The molecule has 2 atom stereocenters. The van der Waals surface area contributed by atoms with Gasteiger partial charge < -0.3 is 15.2 Å². The van der Waals surface area contributed by atoms with E-state index < -0.39 is 12.2 Å². The standard InChI is InChI=1S/C18H19NO2S/c1-19-12-15(20)17(13-6-3-2-4-7-13)21-16-9-5-8-14-10-11-22-18(14)16/h2-11,15,17,19-20H,12H2,1H3/t15-,17+/m0/s1. The summed E-state index contributed by atoms with van der Waals surface area (Å²) in [5.41, 5.74) is 0.971. The van der Waals surface area contributed by atoms with Crippen LogP contribution in [0.3, 0.4) is 0 Å². The largest absolute Gasteiger partial charge is 0.481 e. The highest BCUT2D eigenvalue weighted by molar-refractivity contribution is 7.17. The third-order valence-electron chi connectivity index (χ3n) is 3.59. The van der Waals surface area contributed by atoms with Crippen LogP contribution in [0, 0.1) is 0 Å². The second kappa shape index (κ2) is 6.92. The average molecular weight is 313 g/mol. The molecule has 0 aliphatic rings. The Hall–Kier alpha value is -1.88. The lowest BCUT2D eigenvalue weighted by molar-refractivity contribution is 0.0380. The molecule has 22 heavy (non-hydrogen) atoms. The minimum Gasteiger partial charge on any atom is -0.481 e. The molecule has 0 saturated carbocycles. The quantitative estimate of drug-likeness (QED) is 0.730. The number of rotatable bonds is 6. The first-order chi connectivity index (χ1) is 10.8. The maximum atomic E-state index is 10.5. The molecule has 0 bridgehead atoms. The maximum Gasteiger partial charge on any atom is 0.151 e. The van der Waals surface area contributed by atoms with Crippen molar-refractivity contribution < 1.29 is 9.84 Å². The molecule has 1 aromatic heterocycles. The zero-order valence-electron chi connectivity index (χ0n) is 12.4. The zero-order chi connectivity index (χ0) is 15.4. The molecule has 3 rings (SSSR count). The van der Waals surface area contributed by atoms with Crippen LogP contribution in [0.25, 0.3) is 10.1 Å². The van der Waals surface area contributed by atoms with Crippen molar-refractivity contribution in [2.24, 2.45) is 0 Å². The molecule has 1 heterocycles. The SMILES string of the molecule is CNC[C@H](O)[C@H](Oc1cccc2ccsc12)c1ccccc1. The van der Waals surface area contributed by atoms with Gasteiger partial charge in [-0.1, -0.05) is 42.5 Å². The Morgan fingerprint density at radius 2 is 1.91 bits per heavy atom. The van der Waals surface area contributed by atoms with E-state index in [0.29, 0.717) is 6.54 Å². The molecule has 0 radical (unpaired) electrons. The van der Waals surface area contributed by atoms with E-state index in [9.17, 15) is 5.11 Å². The molecule has 114 valence electrons. The number of hydrogen-bond donors (Lipinski definition) is 2. The third-order valence-corrected chi connectivity index (χ3v) is 4.53. The number of aliphatic hydroxyl groups excluding tert-OH is 1. The molecule has 0 unspecified atom stereocenters. The van der Waals surface area contributed by atoms with Crippen molar-refractivity contribution in [3.63, 3.8) is 0 Å². The Labute approximate surface area is 134 Å². The van der Waals surface area contributed by atoms with Crippen molar-refractivity contribution in [2.75, 3.05) is 13.6 Å². The molecule has 3 nitrogen and oxygen atoms in total. The molecule has 0 aliphatic heterocycles. The van der Waals surface area contributed by atoms with E-state index in [-0.39, 0.29) is 0 Å². The number of likely N-dealkylation sites (N-methyl/N-ethyl adjacent to an activating group) is 1. The highest BCUT2D eigenvalue weighted by Gasteiger charge is 2.23. The monoisotopic (exact) mass is 313 g/mol. The number of benzene rings is 2. The van der Waals surface area contributed by atoms with Crippen LogP contribution >= 0.6 is 11.3 Å². The molecule has 0 aliphatic carbocycles. The highest BCUT2D eigenvalue weighted by Crippen LogP contribution is 2.34. The topological polar surface area (TPSA) is 41.5 Å². The van der Waals surface area contributed by atoms with Gasteiger partial charge in [-0.2, -0.15) is 0 Å². The van der Waals surface area contributed by atoms with Gasteiger partial charge in [0.25, 0.3) is 0 Å². The average Bonchev–Trinajstić information content (AvgIpc) is 3.03. The van der Waals surface area contributed by atoms with Crippen molar-refractivity contribution in [1.29, 1.82) is 0 Å². The van der Waals surface area contributed by atoms with Gasteiger partial charge in [0.05, 0.1) is 4.70 Å². The summed E-state index contributed by atoms with van der Waals surface area (Å²) < 4.78 is 7.32. The third kappa shape index (κ3) is 3.14. The smallest absolute Gasteiger partial charge is 0.151 e. The van der Waals surface area contributed by atoms with Crippen LogP contribution in [-0.2, 0) is 0 Å². The fourth-order valence-corrected chi connectivity index (χ4v) is 3.38. The van der Waals surface area contributed by atoms with Crippen LogP contribution in [0.1, 0.15) is 11.7 Å². The second-order valence-corrected chi connectivity index (χ2v) is 6.09. The molecule has 0 fully saturated rings. The van der Waals surface area contributed by atoms with Crippen LogP contribution in [-0.4, -0.2) is 24.8 Å². The number of fused-ring (bicyclic) bond motifs is 1. The lowest BCUT2D eigenvalue weighted by Crippen LogP contribution is -2.32. The lowest BCUT2D eigenvalue weighted by Gasteiger charge is -2.25. The Bertz CT molecular complexity index is 726. The van der Waals surface area contributed by atoms with E-state index in [4.69, 9.17) is 4.74 Å². The Morgan fingerprint density at radius 1 is 1.09 bits per heavy atom. The van der Waals surface area contributed by atoms with E-state index in [1.165, 1.54) is 0 Å². The zero-order valence-corrected chi connectivity index (χ0v) is 13.2. The van der Waals surface area contributed by atoms with E-state index in [1.807, 2.05) is 49.5 Å². The molecule has 0 amide bonds. The number of nitrogens with one attached hydrogen (secondary N) is 1. The summed E-state index contributed by atoms with van der Waals surface area (Å²) in [5.74, 6) is 0.816. The summed E-state index contributed by atoms with van der Waals surface area (Å²) >= 11 is 1.65. The number of hydrogen-bond acceptors (Lipinski definition) is 4. The van der Waals surface area contributed by atoms with E-state index in [1.54, 1.807) is 11.3 Å². The number of thiophene rings is 1. The van der Waals surface area contributed by atoms with Gasteiger partial charge in [-0.25, -0.2) is 0 Å². The number of aliphatic hydroxyl groups is 1. The summed E-state index contributed by atoms with van der Waals surface area (Å²) in [4.78, 5) is 0. The molecule has 2 aromatic carbocycles. The molecule has 0 spiro atoms. The van der Waals surface area contributed by atoms with E-state index in [2.05, 4.69) is 22.8 Å². The summed E-state index contributed by atoms with van der Waals surface area (Å²) in [7, 11) is 1.82. The van der Waals surface area contributed by atoms with Gasteiger partial charge in [0.2, 0.25) is 0 Å². The maximum absolute atomic E-state index is 10.5. The van der Waals surface area contributed by atoms with Crippen LogP contribution in [0.5, 0.6) is 5.75 Å². The first-order valence-corrected chi connectivity index (χ1v) is 8.18. The van der Waals surface area contributed by atoms with Crippen molar-refractivity contribution in [3.8, 4) is 5.75 Å². The molecule has 2 N–H and O–H groups in total. The van der Waals surface area contributed by atoms with Gasteiger partial charge in [-0.05, 0) is 35.5 Å². The fraction of sp³-hybridized carbons (Fsp3) is 0.222. The molecule has 0 saturated heterocycles. The minimum atomic E-state index is -0.623. The summed E-state index contributed by atoms with van der Waals surface area (Å²) in [6.45, 7) is 0.472. The lowest BCUT2D eigenvalue weighted by atomic mass is 10.0. The minimum absolute atomic E-state index is 0.402. The van der Waals surface area contributed by atoms with Gasteiger partial charge >= 0.3 is 0 Å². The van der Waals surface area contributed by atoms with Crippen molar-refractivity contribution in [3.05, 3.63) is 65.5 Å². The van der Waals surface area contributed by atoms with Crippen LogP contribution < -0.4 is 10.1 Å². The van der Waals surface area contributed by atoms with Crippen LogP contribution in [0.2, 0.25) is 0 Å². The molecular formula is C18H19NO2S. The van der Waals surface area contributed by atoms with Gasteiger partial charge in [0.15, 0.2) is 6.10 Å². The Morgan fingerprint density at radius 3 is 2.68 bits per heavy atom. The summed E-state index contributed by atoms with van der Waals surface area (Å²) in [6.07, 6.45) is -1.02. The number of ether oxygens (including phenoxy) is 1. The van der Waals surface area contributed by atoms with Crippen LogP contribution in [0.4, 0.5) is 0 Å². The molecule has 3 aromatic rings. The second-order valence-electron chi connectivity index (χ2n) is 5.17. The van der Waals surface area contributed by atoms with Gasteiger partial charge in [0.1, 0.15) is 11.9 Å². The van der Waals surface area contributed by atoms with E-state index >= 15 is 0 Å². The predicted octanol–water partition coefficient (Wildman–Crippen LogP) is 3.60. The molecule has 4 heteroatoms. The molecular weight excluding hydrogens is 294 g/mol. The summed E-state index contributed by atoms with van der Waals surface area (Å²) in [6, 6.07) is 17.9. The van der Waals surface area contributed by atoms with E-state index in [0.717, 1.165) is 21.4 Å². The van der Waals surface area contributed by atoms with Crippen molar-refractivity contribution >= 4 is 21.4 Å². The predicted molar refractivity (Wildman–Crippen MR) is 91.6 cm³/mol. The Kier molecular flexibility index (Phi) is 4.73. The summed E-state index contributed by atoms with van der Waals surface area (Å²) in [5, 5.41) is 16.7. The first-order valence-electron chi connectivity index (χ1n) is 7.30. The highest BCUT2D eigenvalue weighted by atomic mass is 32.1. The first kappa shape index (κ1) is 15.0.